The van der Waals surface area contributed by atoms with Crippen molar-refractivity contribution in [2.24, 2.45) is 0 Å². The maximum absolute atomic E-state index is 11.0. The zero-order valence-corrected chi connectivity index (χ0v) is 11.5. The number of carbonyl (C=O) groups is 2. The minimum atomic E-state index is -0.665. The number of rotatable bonds is 6. The number of cyclic esters (lactones) is 3. The molecule has 3 aliphatic rings. The Morgan fingerprint density at radius 1 is 0.952 bits per heavy atom. The first kappa shape index (κ1) is 14.6. The molecule has 0 bridgehead atoms. The SMILES string of the molecule is O=C1CCC(COC2COCC2OCC2COC(=O)O2)O1. The standard InChI is InChI=1S/C13H18O8/c14-12-2-1-8(20-12)3-17-10-6-16-7-11(10)18-4-9-5-19-13(15)21-9/h8-11H,1-7H2. The van der Waals surface area contributed by atoms with Gasteiger partial charge >= 0.3 is 12.1 Å². The average Bonchev–Trinajstić information content (AvgIpc) is 3.16. The van der Waals surface area contributed by atoms with E-state index in [0.29, 0.717) is 32.7 Å². The minimum Gasteiger partial charge on any atom is -0.460 e. The summed E-state index contributed by atoms with van der Waals surface area (Å²) in [5.74, 6) is -0.179. The van der Waals surface area contributed by atoms with Crippen LogP contribution in [0, 0.1) is 0 Å². The third-order valence-electron chi connectivity index (χ3n) is 3.59. The van der Waals surface area contributed by atoms with Gasteiger partial charge in [0.1, 0.15) is 24.9 Å². The summed E-state index contributed by atoms with van der Waals surface area (Å²) in [6, 6.07) is 0. The smallest absolute Gasteiger partial charge is 0.460 e. The Morgan fingerprint density at radius 3 is 2.24 bits per heavy atom. The van der Waals surface area contributed by atoms with E-state index in [1.165, 1.54) is 0 Å². The van der Waals surface area contributed by atoms with E-state index in [0.717, 1.165) is 0 Å². The zero-order chi connectivity index (χ0) is 14.7. The van der Waals surface area contributed by atoms with Crippen LogP contribution in [-0.4, -0.2) is 69.6 Å². The molecule has 118 valence electrons. The lowest BCUT2D eigenvalue weighted by Crippen LogP contribution is -2.35. The first-order valence-electron chi connectivity index (χ1n) is 7.04. The largest absolute Gasteiger partial charge is 0.508 e. The molecule has 0 radical (unpaired) electrons. The minimum absolute atomic E-state index is 0.178. The van der Waals surface area contributed by atoms with Crippen LogP contribution in [0.4, 0.5) is 4.79 Å². The summed E-state index contributed by atoms with van der Waals surface area (Å²) < 4.78 is 31.4. The molecule has 3 aliphatic heterocycles. The molecule has 21 heavy (non-hydrogen) atoms. The number of esters is 1. The van der Waals surface area contributed by atoms with Crippen molar-refractivity contribution in [3.05, 3.63) is 0 Å². The van der Waals surface area contributed by atoms with Gasteiger partial charge in [-0.25, -0.2) is 4.79 Å². The lowest BCUT2D eigenvalue weighted by molar-refractivity contribution is -0.145. The first-order chi connectivity index (χ1) is 10.2. The predicted octanol–water partition coefficient (Wildman–Crippen LogP) is 0.0280. The molecule has 8 nitrogen and oxygen atoms in total. The van der Waals surface area contributed by atoms with Crippen molar-refractivity contribution >= 4 is 12.1 Å². The molecule has 3 heterocycles. The molecule has 0 aromatic heterocycles. The predicted molar refractivity (Wildman–Crippen MR) is 65.6 cm³/mol. The highest BCUT2D eigenvalue weighted by Crippen LogP contribution is 2.19. The van der Waals surface area contributed by atoms with E-state index < -0.39 is 6.16 Å². The van der Waals surface area contributed by atoms with Crippen LogP contribution in [0.1, 0.15) is 12.8 Å². The normalized spacial score (nSPS) is 35.6. The van der Waals surface area contributed by atoms with Crippen LogP contribution < -0.4 is 0 Å². The Hall–Kier alpha value is -1.38. The number of hydrogen-bond donors (Lipinski definition) is 0. The van der Waals surface area contributed by atoms with Crippen LogP contribution in [-0.2, 0) is 33.2 Å². The van der Waals surface area contributed by atoms with Crippen LogP contribution in [0.3, 0.4) is 0 Å². The van der Waals surface area contributed by atoms with Gasteiger partial charge in [-0.05, 0) is 6.42 Å². The highest BCUT2D eigenvalue weighted by molar-refractivity contribution is 5.71. The molecular formula is C13H18O8. The van der Waals surface area contributed by atoms with E-state index in [4.69, 9.17) is 23.7 Å². The quantitative estimate of drug-likeness (QED) is 0.635. The van der Waals surface area contributed by atoms with Gasteiger partial charge in [0, 0.05) is 6.42 Å². The molecule has 3 fully saturated rings. The van der Waals surface area contributed by atoms with Crippen LogP contribution in [0.5, 0.6) is 0 Å². The fourth-order valence-electron chi connectivity index (χ4n) is 2.43. The van der Waals surface area contributed by atoms with Crippen molar-refractivity contribution in [1.82, 2.24) is 0 Å². The fraction of sp³-hybridized carbons (Fsp3) is 0.846. The van der Waals surface area contributed by atoms with Crippen molar-refractivity contribution in [3.63, 3.8) is 0 Å². The summed E-state index contributed by atoms with van der Waals surface area (Å²) in [4.78, 5) is 21.8. The zero-order valence-electron chi connectivity index (χ0n) is 11.5. The molecule has 3 saturated heterocycles. The van der Waals surface area contributed by atoms with Gasteiger partial charge in [-0.2, -0.15) is 0 Å². The molecule has 0 aromatic carbocycles. The molecule has 4 unspecified atom stereocenters. The van der Waals surface area contributed by atoms with Gasteiger partial charge in [0.15, 0.2) is 6.10 Å². The Morgan fingerprint density at radius 2 is 1.67 bits per heavy atom. The van der Waals surface area contributed by atoms with E-state index in [2.05, 4.69) is 4.74 Å². The van der Waals surface area contributed by atoms with E-state index in [1.807, 2.05) is 0 Å². The van der Waals surface area contributed by atoms with Crippen molar-refractivity contribution in [3.8, 4) is 0 Å². The second-order valence-electron chi connectivity index (χ2n) is 5.23. The molecule has 3 rings (SSSR count). The monoisotopic (exact) mass is 302 g/mol. The van der Waals surface area contributed by atoms with Crippen LogP contribution in [0.2, 0.25) is 0 Å². The van der Waals surface area contributed by atoms with Gasteiger partial charge in [0.25, 0.3) is 0 Å². The Balaban J connectivity index is 1.38. The molecule has 0 spiro atoms. The lowest BCUT2D eigenvalue weighted by Gasteiger charge is -2.21. The summed E-state index contributed by atoms with van der Waals surface area (Å²) >= 11 is 0. The van der Waals surface area contributed by atoms with Crippen LogP contribution >= 0.6 is 0 Å². The lowest BCUT2D eigenvalue weighted by atomic mass is 10.2. The second kappa shape index (κ2) is 6.59. The summed E-state index contributed by atoms with van der Waals surface area (Å²) in [7, 11) is 0. The molecule has 8 heteroatoms. The van der Waals surface area contributed by atoms with Crippen LogP contribution in [0.15, 0.2) is 0 Å². The molecule has 4 atom stereocenters. The van der Waals surface area contributed by atoms with Gasteiger partial charge < -0.3 is 28.4 Å². The molecule has 0 N–H and O–H groups in total. The highest BCUT2D eigenvalue weighted by atomic mass is 16.8. The van der Waals surface area contributed by atoms with Crippen molar-refractivity contribution in [2.75, 3.05) is 33.0 Å². The third-order valence-corrected chi connectivity index (χ3v) is 3.59. The van der Waals surface area contributed by atoms with Gasteiger partial charge in [-0.1, -0.05) is 0 Å². The van der Waals surface area contributed by atoms with Gasteiger partial charge in [-0.3, -0.25) is 4.79 Å². The average molecular weight is 302 g/mol. The molecule has 0 saturated carbocycles. The molecule has 0 amide bonds. The second-order valence-corrected chi connectivity index (χ2v) is 5.23. The topological polar surface area (TPSA) is 89.5 Å². The van der Waals surface area contributed by atoms with Gasteiger partial charge in [0.2, 0.25) is 0 Å². The summed E-state index contributed by atoms with van der Waals surface area (Å²) in [6.07, 6.45) is -0.515. The third kappa shape index (κ3) is 3.84. The number of hydrogen-bond acceptors (Lipinski definition) is 8. The van der Waals surface area contributed by atoms with E-state index in [9.17, 15) is 9.59 Å². The van der Waals surface area contributed by atoms with Crippen molar-refractivity contribution < 1.29 is 38.0 Å². The summed E-state index contributed by atoms with van der Waals surface area (Å²) in [5.41, 5.74) is 0. The van der Waals surface area contributed by atoms with Crippen molar-refractivity contribution in [2.45, 2.75) is 37.3 Å². The maximum atomic E-state index is 11.0. The summed E-state index contributed by atoms with van der Waals surface area (Å²) in [5, 5.41) is 0. The number of ether oxygens (including phenoxy) is 6. The summed E-state index contributed by atoms with van der Waals surface area (Å²) in [6.45, 7) is 1.66. The van der Waals surface area contributed by atoms with Crippen molar-refractivity contribution in [1.29, 1.82) is 0 Å². The van der Waals surface area contributed by atoms with E-state index >= 15 is 0 Å². The molecule has 0 aliphatic carbocycles. The Labute approximate surface area is 121 Å². The highest BCUT2D eigenvalue weighted by Gasteiger charge is 2.34. The fourth-order valence-corrected chi connectivity index (χ4v) is 2.43. The Kier molecular flexibility index (Phi) is 4.57. The van der Waals surface area contributed by atoms with Gasteiger partial charge in [-0.15, -0.1) is 0 Å². The maximum Gasteiger partial charge on any atom is 0.508 e. The molecule has 0 aromatic rings. The van der Waals surface area contributed by atoms with Gasteiger partial charge in [0.05, 0.1) is 26.4 Å². The molecular weight excluding hydrogens is 284 g/mol. The first-order valence-corrected chi connectivity index (χ1v) is 7.04. The van der Waals surface area contributed by atoms with Crippen LogP contribution in [0.25, 0.3) is 0 Å². The van der Waals surface area contributed by atoms with E-state index in [1.54, 1.807) is 0 Å². The Bertz CT molecular complexity index is 362. The number of carbonyl (C=O) groups excluding carboxylic acids is 2. The van der Waals surface area contributed by atoms with E-state index in [-0.39, 0.29) is 43.6 Å².